The number of anilines is 1. The molecule has 0 spiro atoms. The molecule has 0 radical (unpaired) electrons. The third-order valence-electron chi connectivity index (χ3n) is 2.62. The van der Waals surface area contributed by atoms with Gasteiger partial charge in [-0.3, -0.25) is 10.1 Å². The minimum atomic E-state index is -4.63. The van der Waals surface area contributed by atoms with E-state index in [-0.39, 0.29) is 5.69 Å². The molecule has 1 N–H and O–H groups in total. The molecule has 0 unspecified atom stereocenters. The van der Waals surface area contributed by atoms with Crippen LogP contribution in [0.1, 0.15) is 12.0 Å². The first-order chi connectivity index (χ1) is 9.21. The van der Waals surface area contributed by atoms with E-state index < -0.39 is 22.4 Å². The van der Waals surface area contributed by atoms with Crippen LogP contribution in [-0.2, 0) is 6.18 Å². The highest BCUT2D eigenvalue weighted by molar-refractivity contribution is 5.57. The highest BCUT2D eigenvalue weighted by Gasteiger charge is 2.35. The van der Waals surface area contributed by atoms with Crippen LogP contribution in [0.25, 0.3) is 0 Å². The lowest BCUT2D eigenvalue weighted by Crippen LogP contribution is -2.17. The first-order valence-corrected chi connectivity index (χ1v) is 5.96. The lowest BCUT2D eigenvalue weighted by atomic mass is 10.1. The van der Waals surface area contributed by atoms with Gasteiger partial charge in [0.15, 0.2) is 0 Å². The second kappa shape index (κ2) is 6.56. The number of nitro groups is 1. The van der Waals surface area contributed by atoms with Gasteiger partial charge >= 0.3 is 6.18 Å². The highest BCUT2D eigenvalue weighted by Crippen LogP contribution is 2.36. The number of nitro benzene ring substituents is 1. The Labute approximate surface area is 114 Å². The number of hydrogen-bond acceptors (Lipinski definition) is 4. The van der Waals surface area contributed by atoms with E-state index in [1.807, 2.05) is 19.0 Å². The van der Waals surface area contributed by atoms with Gasteiger partial charge in [0, 0.05) is 24.4 Å². The van der Waals surface area contributed by atoms with Crippen molar-refractivity contribution >= 4 is 11.4 Å². The summed E-state index contributed by atoms with van der Waals surface area (Å²) in [6.45, 7) is 1.10. The zero-order chi connectivity index (χ0) is 15.3. The van der Waals surface area contributed by atoms with Crippen molar-refractivity contribution < 1.29 is 18.1 Å². The fourth-order valence-corrected chi connectivity index (χ4v) is 1.65. The van der Waals surface area contributed by atoms with Gasteiger partial charge in [-0.25, -0.2) is 0 Å². The van der Waals surface area contributed by atoms with E-state index in [0.717, 1.165) is 18.7 Å². The molecule has 5 nitrogen and oxygen atoms in total. The van der Waals surface area contributed by atoms with E-state index in [9.17, 15) is 23.3 Å². The van der Waals surface area contributed by atoms with E-state index in [1.165, 1.54) is 0 Å². The Balaban J connectivity index is 2.87. The van der Waals surface area contributed by atoms with Gasteiger partial charge in [0.1, 0.15) is 0 Å². The normalized spacial score (nSPS) is 11.7. The average Bonchev–Trinajstić information content (AvgIpc) is 2.33. The minimum absolute atomic E-state index is 0.137. The van der Waals surface area contributed by atoms with Gasteiger partial charge in [0.2, 0.25) is 0 Å². The molecule has 0 aromatic heterocycles. The Bertz CT molecular complexity index is 476. The Hall–Kier alpha value is -1.83. The van der Waals surface area contributed by atoms with E-state index in [0.29, 0.717) is 19.0 Å². The van der Waals surface area contributed by atoms with Crippen molar-refractivity contribution in [1.29, 1.82) is 0 Å². The van der Waals surface area contributed by atoms with Crippen LogP contribution in [0.3, 0.4) is 0 Å². The summed E-state index contributed by atoms with van der Waals surface area (Å²) in [5.74, 6) is 0. The summed E-state index contributed by atoms with van der Waals surface area (Å²) in [5, 5.41) is 13.2. The predicted octanol–water partition coefficient (Wildman–Crippen LogP) is 2.98. The maximum absolute atomic E-state index is 12.9. The zero-order valence-electron chi connectivity index (χ0n) is 11.2. The monoisotopic (exact) mass is 291 g/mol. The van der Waals surface area contributed by atoms with Crippen LogP contribution in [0.4, 0.5) is 24.5 Å². The second-order valence-corrected chi connectivity index (χ2v) is 4.57. The summed E-state index contributed by atoms with van der Waals surface area (Å²) >= 11 is 0. The van der Waals surface area contributed by atoms with Gasteiger partial charge in [-0.1, -0.05) is 0 Å². The molecule has 0 amide bonds. The van der Waals surface area contributed by atoms with Crippen LogP contribution in [-0.4, -0.2) is 37.0 Å². The Kier molecular flexibility index (Phi) is 5.32. The van der Waals surface area contributed by atoms with Crippen molar-refractivity contribution in [2.75, 3.05) is 32.5 Å². The van der Waals surface area contributed by atoms with Crippen LogP contribution >= 0.6 is 0 Å². The van der Waals surface area contributed by atoms with E-state index >= 15 is 0 Å². The van der Waals surface area contributed by atoms with Crippen molar-refractivity contribution in [2.24, 2.45) is 0 Å². The smallest absolute Gasteiger partial charge is 0.384 e. The van der Waals surface area contributed by atoms with Gasteiger partial charge in [0.05, 0.1) is 10.5 Å². The van der Waals surface area contributed by atoms with Crippen LogP contribution in [0.5, 0.6) is 0 Å². The third-order valence-corrected chi connectivity index (χ3v) is 2.62. The molecule has 1 rings (SSSR count). The standard InChI is InChI=1S/C12H16F3N3O2/c1-17(2)7-3-6-16-11-5-4-9(18(19)20)8-10(11)12(13,14)15/h4-5,8,16H,3,6-7H2,1-2H3. The molecule has 0 saturated heterocycles. The van der Waals surface area contributed by atoms with Crippen molar-refractivity contribution in [1.82, 2.24) is 4.90 Å². The van der Waals surface area contributed by atoms with Gasteiger partial charge in [0.25, 0.3) is 5.69 Å². The number of halogens is 3. The lowest BCUT2D eigenvalue weighted by Gasteiger charge is -2.15. The summed E-state index contributed by atoms with van der Waals surface area (Å²) in [6.07, 6.45) is -3.96. The summed E-state index contributed by atoms with van der Waals surface area (Å²) < 4.78 is 38.6. The van der Waals surface area contributed by atoms with Gasteiger partial charge in [-0.2, -0.15) is 13.2 Å². The summed E-state index contributed by atoms with van der Waals surface area (Å²) in [4.78, 5) is 11.6. The van der Waals surface area contributed by atoms with Gasteiger partial charge in [-0.05, 0) is 33.1 Å². The number of benzene rings is 1. The molecule has 0 aliphatic carbocycles. The van der Waals surface area contributed by atoms with Crippen molar-refractivity contribution in [3.63, 3.8) is 0 Å². The molecular formula is C12H16F3N3O2. The van der Waals surface area contributed by atoms with Crippen LogP contribution in [0.15, 0.2) is 18.2 Å². The summed E-state index contributed by atoms with van der Waals surface area (Å²) in [6, 6.07) is 2.70. The maximum Gasteiger partial charge on any atom is 0.418 e. The SMILES string of the molecule is CN(C)CCCNc1ccc([N+](=O)[O-])cc1C(F)(F)F. The molecule has 0 aliphatic heterocycles. The quantitative estimate of drug-likeness (QED) is 0.497. The fraction of sp³-hybridized carbons (Fsp3) is 0.500. The number of rotatable bonds is 6. The molecule has 0 fully saturated rings. The van der Waals surface area contributed by atoms with Crippen LogP contribution in [0.2, 0.25) is 0 Å². The first kappa shape index (κ1) is 16.2. The number of nitrogens with zero attached hydrogens (tertiary/aromatic N) is 2. The molecule has 1 aromatic rings. The van der Waals surface area contributed by atoms with E-state index in [4.69, 9.17) is 0 Å². The molecule has 1 aromatic carbocycles. The zero-order valence-corrected chi connectivity index (χ0v) is 11.2. The number of nitrogens with one attached hydrogen (secondary N) is 1. The largest absolute Gasteiger partial charge is 0.418 e. The molecule has 0 bridgehead atoms. The molecule has 0 saturated carbocycles. The molecule has 8 heteroatoms. The van der Waals surface area contributed by atoms with E-state index in [1.54, 1.807) is 0 Å². The van der Waals surface area contributed by atoms with Crippen LogP contribution < -0.4 is 5.32 Å². The molecule has 0 aliphatic rings. The molecule has 112 valence electrons. The predicted molar refractivity (Wildman–Crippen MR) is 69.8 cm³/mol. The number of non-ortho nitro benzene ring substituents is 1. The molecule has 20 heavy (non-hydrogen) atoms. The highest BCUT2D eigenvalue weighted by atomic mass is 19.4. The van der Waals surface area contributed by atoms with Gasteiger partial charge in [-0.15, -0.1) is 0 Å². The molecule has 0 atom stereocenters. The van der Waals surface area contributed by atoms with Crippen molar-refractivity contribution in [3.05, 3.63) is 33.9 Å². The van der Waals surface area contributed by atoms with Crippen molar-refractivity contribution in [2.45, 2.75) is 12.6 Å². The average molecular weight is 291 g/mol. The molecular weight excluding hydrogens is 275 g/mol. The van der Waals surface area contributed by atoms with Gasteiger partial charge < -0.3 is 10.2 Å². The van der Waals surface area contributed by atoms with Crippen LogP contribution in [0, 0.1) is 10.1 Å². The Morgan fingerprint density at radius 2 is 2.00 bits per heavy atom. The first-order valence-electron chi connectivity index (χ1n) is 5.96. The summed E-state index contributed by atoms with van der Waals surface area (Å²) in [7, 11) is 3.74. The maximum atomic E-state index is 12.9. The fourth-order valence-electron chi connectivity index (χ4n) is 1.65. The Morgan fingerprint density at radius 1 is 1.35 bits per heavy atom. The number of alkyl halides is 3. The minimum Gasteiger partial charge on any atom is -0.384 e. The second-order valence-electron chi connectivity index (χ2n) is 4.57. The molecule has 0 heterocycles. The topological polar surface area (TPSA) is 58.4 Å². The Morgan fingerprint density at radius 3 is 2.50 bits per heavy atom. The lowest BCUT2D eigenvalue weighted by molar-refractivity contribution is -0.385. The third kappa shape index (κ3) is 4.69. The number of hydrogen-bond donors (Lipinski definition) is 1. The summed E-state index contributed by atoms with van der Waals surface area (Å²) in [5.41, 5.74) is -1.73. The van der Waals surface area contributed by atoms with E-state index in [2.05, 4.69) is 5.32 Å². The van der Waals surface area contributed by atoms with Crippen molar-refractivity contribution in [3.8, 4) is 0 Å².